The number of nitrogens with one attached hydrogen (secondary N) is 3. The summed E-state index contributed by atoms with van der Waals surface area (Å²) in [5.41, 5.74) is 10.0. The van der Waals surface area contributed by atoms with Crippen molar-refractivity contribution in [3.8, 4) is 0 Å². The molecule has 3 N–H and O–H groups in total. The normalized spacial score (nSPS) is 28.2. The fraction of sp³-hybridized carbons (Fsp3) is 0.333. The zero-order valence-corrected chi connectivity index (χ0v) is 13.4. The van der Waals surface area contributed by atoms with Crippen LogP contribution in [0.3, 0.4) is 0 Å². The molecule has 0 aromatic carbocycles. The van der Waals surface area contributed by atoms with Gasteiger partial charge in [0.05, 0.1) is 29.0 Å². The van der Waals surface area contributed by atoms with Crippen LogP contribution in [0.2, 0.25) is 0 Å². The van der Waals surface area contributed by atoms with Crippen molar-refractivity contribution in [1.29, 1.82) is 0 Å². The first kappa shape index (κ1) is 13.9. The maximum absolute atomic E-state index is 4.89. The smallest absolute Gasteiger partial charge is 0.0658 e. The van der Waals surface area contributed by atoms with Crippen molar-refractivity contribution in [3.05, 3.63) is 46.8 Å². The number of hydrazine groups is 2. The number of rotatable bonds is 0. The average Bonchev–Trinajstić information content (AvgIpc) is 3.32. The van der Waals surface area contributed by atoms with E-state index in [2.05, 4.69) is 57.3 Å². The molecule has 2 unspecified atom stereocenters. The number of aromatic nitrogens is 1. The number of hydrogen-bond donors (Lipinski definition) is 3. The predicted octanol–water partition coefficient (Wildman–Crippen LogP) is 0.128. The highest BCUT2D eigenvalue weighted by Crippen LogP contribution is 2.21. The van der Waals surface area contributed by atoms with Crippen molar-refractivity contribution in [2.24, 2.45) is 9.98 Å². The first-order valence-electron chi connectivity index (χ1n) is 8.53. The summed E-state index contributed by atoms with van der Waals surface area (Å²) < 4.78 is 0. The van der Waals surface area contributed by atoms with Gasteiger partial charge in [-0.3, -0.25) is 4.99 Å². The third-order valence-corrected chi connectivity index (χ3v) is 4.77. The molecule has 1 aromatic heterocycles. The van der Waals surface area contributed by atoms with Crippen LogP contribution in [-0.4, -0.2) is 40.2 Å². The minimum absolute atomic E-state index is 0.404. The Morgan fingerprint density at radius 3 is 3.08 bits per heavy atom. The van der Waals surface area contributed by atoms with E-state index < -0.39 is 0 Å². The molecule has 0 saturated carbocycles. The fourth-order valence-electron chi connectivity index (χ4n) is 3.62. The third kappa shape index (κ3) is 2.74. The van der Waals surface area contributed by atoms with Crippen LogP contribution in [0, 0.1) is 0 Å². The first-order chi connectivity index (χ1) is 11.8. The summed E-state index contributed by atoms with van der Waals surface area (Å²) in [7, 11) is 0. The molecule has 6 heteroatoms. The lowest BCUT2D eigenvalue weighted by Crippen LogP contribution is -2.37. The van der Waals surface area contributed by atoms with Gasteiger partial charge in [0.15, 0.2) is 0 Å². The lowest BCUT2D eigenvalue weighted by molar-refractivity contribution is 0.285. The van der Waals surface area contributed by atoms with Crippen molar-refractivity contribution in [1.82, 2.24) is 21.0 Å². The van der Waals surface area contributed by atoms with Crippen LogP contribution in [0.4, 0.5) is 0 Å². The SMILES string of the molecule is C1=CC2=NC1=CC1=NC(CC1)CC1CNN(C=c3ccc([nH]3)=C2)N1. The van der Waals surface area contributed by atoms with Gasteiger partial charge < -0.3 is 4.98 Å². The molecule has 0 spiro atoms. The van der Waals surface area contributed by atoms with Gasteiger partial charge in [-0.25, -0.2) is 21.0 Å². The molecule has 0 amide bonds. The zero-order valence-electron chi connectivity index (χ0n) is 13.4. The van der Waals surface area contributed by atoms with Gasteiger partial charge in [0.1, 0.15) is 0 Å². The Morgan fingerprint density at radius 1 is 1.12 bits per heavy atom. The Labute approximate surface area is 140 Å². The number of allylic oxidation sites excluding steroid dienone is 3. The summed E-state index contributed by atoms with van der Waals surface area (Å²) in [6.45, 7) is 0.925. The largest absolute Gasteiger partial charge is 0.354 e. The molecule has 6 nitrogen and oxygen atoms in total. The van der Waals surface area contributed by atoms with Gasteiger partial charge in [-0.2, -0.15) is 0 Å². The van der Waals surface area contributed by atoms with E-state index in [0.29, 0.717) is 12.1 Å². The molecule has 0 radical (unpaired) electrons. The molecule has 4 aliphatic heterocycles. The summed E-state index contributed by atoms with van der Waals surface area (Å²) in [5.74, 6) is 0. The Kier molecular flexibility index (Phi) is 3.24. The van der Waals surface area contributed by atoms with E-state index in [1.807, 2.05) is 11.3 Å². The van der Waals surface area contributed by atoms with Gasteiger partial charge in [0, 0.05) is 23.6 Å². The predicted molar refractivity (Wildman–Crippen MR) is 95.5 cm³/mol. The molecule has 0 aliphatic carbocycles. The standard InChI is InChI=1S/C18H20N6/c1-2-14-8-15-5-6-17(22-15)11-24-19-10-18(23-24)9-16-4-3-13(21-16)7-12(1)20-14/h1-2,5-8,11,16,18-19,22-23H,3-4,9-10H2. The van der Waals surface area contributed by atoms with Gasteiger partial charge >= 0.3 is 0 Å². The number of aromatic amines is 1. The zero-order chi connectivity index (χ0) is 15.9. The number of fused-ring (bicyclic) bond motifs is 6. The maximum Gasteiger partial charge on any atom is 0.0658 e. The summed E-state index contributed by atoms with van der Waals surface area (Å²) in [5, 5.41) is 4.05. The second kappa shape index (κ2) is 5.58. The molecular weight excluding hydrogens is 300 g/mol. The molecule has 8 bridgehead atoms. The highest BCUT2D eigenvalue weighted by atomic mass is 15.8. The number of H-pyrrole nitrogens is 1. The molecular formula is C18H20N6. The quantitative estimate of drug-likeness (QED) is 0.636. The second-order valence-corrected chi connectivity index (χ2v) is 6.69. The van der Waals surface area contributed by atoms with Crippen molar-refractivity contribution >= 4 is 23.7 Å². The van der Waals surface area contributed by atoms with Crippen molar-refractivity contribution in [3.63, 3.8) is 0 Å². The van der Waals surface area contributed by atoms with Gasteiger partial charge in [-0.05, 0) is 55.7 Å². The molecule has 1 saturated heterocycles. The minimum Gasteiger partial charge on any atom is -0.354 e. The Hall–Kier alpha value is -2.44. The van der Waals surface area contributed by atoms with Crippen molar-refractivity contribution in [2.75, 3.05) is 6.54 Å². The minimum atomic E-state index is 0.404. The second-order valence-electron chi connectivity index (χ2n) is 6.69. The van der Waals surface area contributed by atoms with Crippen LogP contribution < -0.4 is 21.5 Å². The van der Waals surface area contributed by atoms with Crippen LogP contribution in [0.1, 0.15) is 19.3 Å². The van der Waals surface area contributed by atoms with Crippen LogP contribution in [0.25, 0.3) is 12.3 Å². The van der Waals surface area contributed by atoms with E-state index in [1.54, 1.807) is 0 Å². The summed E-state index contributed by atoms with van der Waals surface area (Å²) in [4.78, 5) is 13.0. The Morgan fingerprint density at radius 2 is 2.08 bits per heavy atom. The van der Waals surface area contributed by atoms with E-state index in [1.165, 1.54) is 5.71 Å². The molecule has 5 rings (SSSR count). The van der Waals surface area contributed by atoms with Crippen LogP contribution >= 0.6 is 0 Å². The average molecular weight is 320 g/mol. The molecule has 2 atom stereocenters. The monoisotopic (exact) mass is 320 g/mol. The maximum atomic E-state index is 4.89. The van der Waals surface area contributed by atoms with Crippen LogP contribution in [0.15, 0.2) is 46.0 Å². The highest BCUT2D eigenvalue weighted by molar-refractivity contribution is 6.19. The topological polar surface area (TPSA) is 67.8 Å². The number of hydrogen-bond acceptors (Lipinski definition) is 5. The van der Waals surface area contributed by atoms with Gasteiger partial charge in [-0.1, -0.05) is 0 Å². The molecule has 1 fully saturated rings. The first-order valence-corrected chi connectivity index (χ1v) is 8.53. The Bertz CT molecular complexity index is 900. The summed E-state index contributed by atoms with van der Waals surface area (Å²) in [6.07, 6.45) is 13.6. The van der Waals surface area contributed by atoms with Crippen LogP contribution in [0.5, 0.6) is 0 Å². The summed E-state index contributed by atoms with van der Waals surface area (Å²) in [6, 6.07) is 4.96. The van der Waals surface area contributed by atoms with Gasteiger partial charge in [-0.15, -0.1) is 0 Å². The molecule has 1 aromatic rings. The molecule has 24 heavy (non-hydrogen) atoms. The molecule has 4 aliphatic rings. The van der Waals surface area contributed by atoms with E-state index in [-0.39, 0.29) is 0 Å². The third-order valence-electron chi connectivity index (χ3n) is 4.77. The summed E-state index contributed by atoms with van der Waals surface area (Å²) >= 11 is 0. The van der Waals surface area contributed by atoms with E-state index in [4.69, 9.17) is 4.99 Å². The molecule has 122 valence electrons. The fourth-order valence-corrected chi connectivity index (χ4v) is 3.62. The van der Waals surface area contributed by atoms with Crippen LogP contribution in [-0.2, 0) is 0 Å². The van der Waals surface area contributed by atoms with E-state index in [9.17, 15) is 0 Å². The Balaban J connectivity index is 1.57. The van der Waals surface area contributed by atoms with E-state index in [0.717, 1.165) is 47.9 Å². The highest BCUT2D eigenvalue weighted by Gasteiger charge is 2.25. The number of aliphatic imine (C=N–C) groups is 2. The van der Waals surface area contributed by atoms with Gasteiger partial charge in [0.25, 0.3) is 0 Å². The lowest BCUT2D eigenvalue weighted by atomic mass is 10.1. The molecule has 5 heterocycles. The van der Waals surface area contributed by atoms with Gasteiger partial charge in [0.2, 0.25) is 0 Å². The van der Waals surface area contributed by atoms with E-state index >= 15 is 0 Å². The lowest BCUT2D eigenvalue weighted by Gasteiger charge is -2.15. The van der Waals surface area contributed by atoms with Crippen molar-refractivity contribution in [2.45, 2.75) is 31.3 Å². The number of nitrogens with zero attached hydrogens (tertiary/aromatic N) is 3. The van der Waals surface area contributed by atoms with Crippen molar-refractivity contribution < 1.29 is 0 Å².